The summed E-state index contributed by atoms with van der Waals surface area (Å²) in [6.45, 7) is 4.18. The van der Waals surface area contributed by atoms with Gasteiger partial charge in [0.1, 0.15) is 0 Å². The number of nitrogens with one attached hydrogen (secondary N) is 1. The van der Waals surface area contributed by atoms with E-state index in [1.807, 2.05) is 11.9 Å². The molecule has 0 unspecified atom stereocenters. The summed E-state index contributed by atoms with van der Waals surface area (Å²) in [5.74, 6) is -0.772. The lowest BCUT2D eigenvalue weighted by Crippen LogP contribution is -2.44. The molecule has 2 aromatic carbocycles. The van der Waals surface area contributed by atoms with Crippen molar-refractivity contribution in [1.29, 1.82) is 0 Å². The number of nitro benzene ring substituents is 1. The van der Waals surface area contributed by atoms with Gasteiger partial charge in [-0.05, 0) is 44.3 Å². The predicted molar refractivity (Wildman–Crippen MR) is 107 cm³/mol. The van der Waals surface area contributed by atoms with Crippen LogP contribution in [0.4, 0.5) is 30.2 Å². The van der Waals surface area contributed by atoms with Crippen molar-refractivity contribution >= 4 is 23.0 Å². The third kappa shape index (κ3) is 4.70. The van der Waals surface area contributed by atoms with Gasteiger partial charge in [0.2, 0.25) is 0 Å². The quantitative estimate of drug-likeness (QED) is 0.597. The number of alkyl halides is 3. The number of nitro groups is 1. The number of halogens is 3. The first-order valence-corrected chi connectivity index (χ1v) is 9.27. The number of carbonyl (C=O) groups is 1. The van der Waals surface area contributed by atoms with Gasteiger partial charge < -0.3 is 15.1 Å². The largest absolute Gasteiger partial charge is 0.418 e. The lowest BCUT2D eigenvalue weighted by molar-refractivity contribution is -0.385. The Kier molecular flexibility index (Phi) is 5.97. The Morgan fingerprint density at radius 3 is 2.33 bits per heavy atom. The summed E-state index contributed by atoms with van der Waals surface area (Å²) in [4.78, 5) is 26.8. The first kappa shape index (κ1) is 21.6. The number of hydrogen-bond donors (Lipinski definition) is 1. The predicted octanol–water partition coefficient (Wildman–Crippen LogP) is 3.93. The van der Waals surface area contributed by atoms with E-state index in [9.17, 15) is 28.1 Å². The van der Waals surface area contributed by atoms with E-state index in [0.717, 1.165) is 25.2 Å². The molecule has 7 nitrogen and oxygen atoms in total. The average molecular weight is 422 g/mol. The van der Waals surface area contributed by atoms with Gasteiger partial charge in [0.25, 0.3) is 11.6 Å². The molecule has 1 N–H and O–H groups in total. The van der Waals surface area contributed by atoms with Crippen molar-refractivity contribution in [2.45, 2.75) is 13.1 Å². The van der Waals surface area contributed by atoms with Crippen molar-refractivity contribution in [3.8, 4) is 0 Å². The molecule has 30 heavy (non-hydrogen) atoms. The molecular formula is C20H21F3N4O3. The molecule has 3 rings (SSSR count). The normalized spacial score (nSPS) is 15.2. The molecular weight excluding hydrogens is 401 g/mol. The molecule has 10 heteroatoms. The molecule has 160 valence electrons. The van der Waals surface area contributed by atoms with E-state index in [-0.39, 0.29) is 22.5 Å². The van der Waals surface area contributed by atoms with Crippen molar-refractivity contribution in [3.63, 3.8) is 0 Å². The van der Waals surface area contributed by atoms with E-state index < -0.39 is 22.6 Å². The first-order valence-electron chi connectivity index (χ1n) is 9.27. The fourth-order valence-corrected chi connectivity index (χ4v) is 3.33. The van der Waals surface area contributed by atoms with E-state index in [2.05, 4.69) is 10.2 Å². The average Bonchev–Trinajstić information content (AvgIpc) is 2.67. The number of anilines is 2. The van der Waals surface area contributed by atoms with Crippen LogP contribution < -0.4 is 10.2 Å². The van der Waals surface area contributed by atoms with E-state index in [1.54, 1.807) is 6.07 Å². The molecule has 0 radical (unpaired) electrons. The molecule has 0 saturated carbocycles. The van der Waals surface area contributed by atoms with E-state index in [1.165, 1.54) is 25.1 Å². The van der Waals surface area contributed by atoms with Gasteiger partial charge in [0.05, 0.1) is 16.2 Å². The van der Waals surface area contributed by atoms with Crippen molar-refractivity contribution < 1.29 is 22.9 Å². The summed E-state index contributed by atoms with van der Waals surface area (Å²) < 4.78 is 41.0. The molecule has 1 aliphatic heterocycles. The monoisotopic (exact) mass is 422 g/mol. The van der Waals surface area contributed by atoms with Crippen LogP contribution in [0.25, 0.3) is 0 Å². The second-order valence-corrected chi connectivity index (χ2v) is 7.23. The highest BCUT2D eigenvalue weighted by atomic mass is 19.4. The molecule has 1 heterocycles. The third-order valence-electron chi connectivity index (χ3n) is 5.08. The molecule has 1 amide bonds. The molecule has 0 bridgehead atoms. The van der Waals surface area contributed by atoms with E-state index >= 15 is 0 Å². The van der Waals surface area contributed by atoms with Crippen LogP contribution in [-0.4, -0.2) is 49.0 Å². The summed E-state index contributed by atoms with van der Waals surface area (Å²) in [7, 11) is 1.96. The van der Waals surface area contributed by atoms with Crippen LogP contribution in [-0.2, 0) is 6.18 Å². The lowest BCUT2D eigenvalue weighted by atomic mass is 10.1. The van der Waals surface area contributed by atoms with Crippen LogP contribution in [0.1, 0.15) is 21.5 Å². The third-order valence-corrected chi connectivity index (χ3v) is 5.08. The molecule has 1 aliphatic rings. The van der Waals surface area contributed by atoms with Crippen LogP contribution in [0.15, 0.2) is 36.4 Å². The topological polar surface area (TPSA) is 78.7 Å². The van der Waals surface area contributed by atoms with Gasteiger partial charge in [-0.25, -0.2) is 0 Å². The van der Waals surface area contributed by atoms with Crippen LogP contribution in [0, 0.1) is 17.0 Å². The van der Waals surface area contributed by atoms with Gasteiger partial charge in [-0.3, -0.25) is 14.9 Å². The second-order valence-electron chi connectivity index (χ2n) is 7.23. The zero-order valence-corrected chi connectivity index (χ0v) is 16.5. The molecule has 1 saturated heterocycles. The summed E-state index contributed by atoms with van der Waals surface area (Å²) >= 11 is 0. The SMILES string of the molecule is Cc1cc(C(=O)Nc2ccc(N3CCN(C)CC3)cc2C(F)(F)F)ccc1[N+](=O)[O-]. The molecule has 2 aromatic rings. The Morgan fingerprint density at radius 1 is 1.10 bits per heavy atom. The first-order chi connectivity index (χ1) is 14.1. The molecule has 0 aliphatic carbocycles. The van der Waals surface area contributed by atoms with Gasteiger partial charge in [-0.1, -0.05) is 0 Å². The van der Waals surface area contributed by atoms with Crippen molar-refractivity contribution in [1.82, 2.24) is 4.90 Å². The summed E-state index contributed by atoms with van der Waals surface area (Å²) in [6.07, 6.45) is -4.66. The van der Waals surface area contributed by atoms with Crippen molar-refractivity contribution in [2.24, 2.45) is 0 Å². The van der Waals surface area contributed by atoms with Crippen molar-refractivity contribution in [3.05, 3.63) is 63.2 Å². The number of rotatable bonds is 4. The number of benzene rings is 2. The Labute approximate surface area is 171 Å². The van der Waals surface area contributed by atoms with Gasteiger partial charge in [-0.2, -0.15) is 13.2 Å². The van der Waals surface area contributed by atoms with E-state index in [4.69, 9.17) is 0 Å². The Bertz CT molecular complexity index is 970. The fourth-order valence-electron chi connectivity index (χ4n) is 3.33. The zero-order valence-electron chi connectivity index (χ0n) is 16.5. The van der Waals surface area contributed by atoms with Gasteiger partial charge in [0.15, 0.2) is 0 Å². The highest BCUT2D eigenvalue weighted by molar-refractivity contribution is 6.05. The number of piperazine rings is 1. The van der Waals surface area contributed by atoms with E-state index in [0.29, 0.717) is 18.8 Å². The van der Waals surface area contributed by atoms with Gasteiger partial charge >= 0.3 is 6.18 Å². The number of likely N-dealkylation sites (N-methyl/N-ethyl adjacent to an activating group) is 1. The maximum Gasteiger partial charge on any atom is 0.418 e. The number of nitrogens with zero attached hydrogens (tertiary/aromatic N) is 3. The van der Waals surface area contributed by atoms with Crippen molar-refractivity contribution in [2.75, 3.05) is 43.4 Å². The lowest BCUT2D eigenvalue weighted by Gasteiger charge is -2.34. The number of carbonyl (C=O) groups excluding carboxylic acids is 1. The minimum absolute atomic E-state index is 0.0365. The molecule has 0 spiro atoms. The zero-order chi connectivity index (χ0) is 22.1. The smallest absolute Gasteiger partial charge is 0.369 e. The number of amides is 1. The van der Waals surface area contributed by atoms with Crippen LogP contribution in [0.5, 0.6) is 0 Å². The number of aryl methyl sites for hydroxylation is 1. The maximum absolute atomic E-state index is 13.7. The summed E-state index contributed by atoms with van der Waals surface area (Å²) in [6, 6.07) is 7.49. The minimum Gasteiger partial charge on any atom is -0.369 e. The fraction of sp³-hybridized carbons (Fsp3) is 0.350. The Hall–Kier alpha value is -3.14. The molecule has 0 aromatic heterocycles. The van der Waals surface area contributed by atoms with Crippen LogP contribution in [0.2, 0.25) is 0 Å². The molecule has 1 fully saturated rings. The summed E-state index contributed by atoms with van der Waals surface area (Å²) in [5.41, 5.74) is -0.741. The van der Waals surface area contributed by atoms with Crippen LogP contribution in [0.3, 0.4) is 0 Å². The molecule has 0 atom stereocenters. The minimum atomic E-state index is -4.66. The Morgan fingerprint density at radius 2 is 1.77 bits per heavy atom. The standard InChI is InChI=1S/C20H21F3N4O3/c1-13-11-14(3-6-18(13)27(29)30)19(28)24-17-5-4-15(12-16(17)20(21,22)23)26-9-7-25(2)8-10-26/h3-6,11-12H,7-10H2,1-2H3,(H,24,28). The Balaban J connectivity index is 1.87. The van der Waals surface area contributed by atoms with Gasteiger partial charge in [-0.15, -0.1) is 0 Å². The van der Waals surface area contributed by atoms with Gasteiger partial charge in [0, 0.05) is 49.1 Å². The highest BCUT2D eigenvalue weighted by Crippen LogP contribution is 2.38. The number of hydrogen-bond acceptors (Lipinski definition) is 5. The maximum atomic E-state index is 13.7. The summed E-state index contributed by atoms with van der Waals surface area (Å²) in [5, 5.41) is 13.2. The highest BCUT2D eigenvalue weighted by Gasteiger charge is 2.35. The van der Waals surface area contributed by atoms with Crippen LogP contribution >= 0.6 is 0 Å². The second kappa shape index (κ2) is 8.31.